The second-order valence-electron chi connectivity index (χ2n) is 4.65. The van der Waals surface area contributed by atoms with E-state index in [-0.39, 0.29) is 18.4 Å². The van der Waals surface area contributed by atoms with Crippen molar-refractivity contribution in [3.8, 4) is 11.8 Å². The molecule has 2 N–H and O–H groups in total. The number of hydrogen-bond acceptors (Lipinski definition) is 2. The zero-order valence-electron chi connectivity index (χ0n) is 10.4. The molecule has 0 bridgehead atoms. The number of anilines is 1. The maximum atomic E-state index is 11.9. The lowest BCUT2D eigenvalue weighted by Crippen LogP contribution is -2.21. The molecule has 0 spiro atoms. The average Bonchev–Trinajstić information content (AvgIpc) is 3.21. The van der Waals surface area contributed by atoms with Crippen LogP contribution in [0.1, 0.15) is 25.3 Å². The fourth-order valence-corrected chi connectivity index (χ4v) is 1.84. The number of aliphatic hydroxyl groups excluding tert-OH is 1. The first-order valence-electron chi connectivity index (χ1n) is 6.21. The summed E-state index contributed by atoms with van der Waals surface area (Å²) in [4.78, 5) is 11.9. The van der Waals surface area contributed by atoms with Gasteiger partial charge in [-0.15, -0.1) is 0 Å². The quantitative estimate of drug-likeness (QED) is 0.798. The highest BCUT2D eigenvalue weighted by Crippen LogP contribution is 2.37. The number of nitrogens with one attached hydrogen (secondary N) is 1. The Morgan fingerprint density at radius 2 is 2.11 bits per heavy atom. The number of rotatable bonds is 3. The SMILES string of the molecule is CC(C(=O)Nc1ccc(C#CCO)cc1)C1CC1. The minimum Gasteiger partial charge on any atom is -0.384 e. The van der Waals surface area contributed by atoms with Crippen molar-refractivity contribution < 1.29 is 9.90 Å². The van der Waals surface area contributed by atoms with Crippen molar-refractivity contribution in [2.75, 3.05) is 11.9 Å². The van der Waals surface area contributed by atoms with Gasteiger partial charge in [0.25, 0.3) is 0 Å². The summed E-state index contributed by atoms with van der Waals surface area (Å²) in [5.74, 6) is 6.15. The van der Waals surface area contributed by atoms with Gasteiger partial charge < -0.3 is 10.4 Å². The lowest BCUT2D eigenvalue weighted by atomic mass is 10.1. The van der Waals surface area contributed by atoms with Crippen molar-refractivity contribution >= 4 is 11.6 Å². The van der Waals surface area contributed by atoms with Crippen molar-refractivity contribution in [2.45, 2.75) is 19.8 Å². The van der Waals surface area contributed by atoms with Crippen LogP contribution in [0.4, 0.5) is 5.69 Å². The van der Waals surface area contributed by atoms with Crippen LogP contribution in [0.25, 0.3) is 0 Å². The smallest absolute Gasteiger partial charge is 0.227 e. The topological polar surface area (TPSA) is 49.3 Å². The summed E-state index contributed by atoms with van der Waals surface area (Å²) in [5.41, 5.74) is 1.62. The Morgan fingerprint density at radius 1 is 1.44 bits per heavy atom. The van der Waals surface area contributed by atoms with Crippen molar-refractivity contribution in [1.82, 2.24) is 0 Å². The van der Waals surface area contributed by atoms with Crippen molar-refractivity contribution in [3.63, 3.8) is 0 Å². The van der Waals surface area contributed by atoms with Gasteiger partial charge in [-0.05, 0) is 43.0 Å². The number of amides is 1. The third-order valence-electron chi connectivity index (χ3n) is 3.21. The second-order valence-corrected chi connectivity index (χ2v) is 4.65. The lowest BCUT2D eigenvalue weighted by molar-refractivity contribution is -0.119. The molecule has 3 nitrogen and oxygen atoms in total. The Morgan fingerprint density at radius 3 is 2.67 bits per heavy atom. The van der Waals surface area contributed by atoms with E-state index in [2.05, 4.69) is 17.2 Å². The number of hydrogen-bond donors (Lipinski definition) is 2. The van der Waals surface area contributed by atoms with Crippen LogP contribution in [0, 0.1) is 23.7 Å². The molecule has 1 aromatic carbocycles. The zero-order chi connectivity index (χ0) is 13.0. The first-order chi connectivity index (χ1) is 8.70. The van der Waals surface area contributed by atoms with Crippen LogP contribution in [0.3, 0.4) is 0 Å². The Balaban J connectivity index is 1.95. The first-order valence-corrected chi connectivity index (χ1v) is 6.21. The van der Waals surface area contributed by atoms with Gasteiger partial charge in [-0.1, -0.05) is 18.8 Å². The molecule has 1 unspecified atom stereocenters. The van der Waals surface area contributed by atoms with E-state index < -0.39 is 0 Å². The Labute approximate surface area is 107 Å². The summed E-state index contributed by atoms with van der Waals surface area (Å²) in [6.45, 7) is 1.84. The molecule has 0 saturated heterocycles. The van der Waals surface area contributed by atoms with Gasteiger partial charge in [-0.3, -0.25) is 4.79 Å². The zero-order valence-corrected chi connectivity index (χ0v) is 10.4. The summed E-state index contributed by atoms with van der Waals surface area (Å²) in [6, 6.07) is 7.33. The molecule has 0 heterocycles. The molecule has 94 valence electrons. The van der Waals surface area contributed by atoms with Crippen molar-refractivity contribution in [2.24, 2.45) is 11.8 Å². The van der Waals surface area contributed by atoms with Crippen LogP contribution in [0.5, 0.6) is 0 Å². The van der Waals surface area contributed by atoms with E-state index in [1.54, 1.807) is 0 Å². The molecule has 0 aliphatic heterocycles. The van der Waals surface area contributed by atoms with Crippen molar-refractivity contribution in [1.29, 1.82) is 0 Å². The molecular formula is C15H17NO2. The highest BCUT2D eigenvalue weighted by Gasteiger charge is 2.32. The molecule has 2 rings (SSSR count). The minimum atomic E-state index is -0.141. The van der Waals surface area contributed by atoms with Gasteiger partial charge >= 0.3 is 0 Å². The summed E-state index contributed by atoms with van der Waals surface area (Å²) < 4.78 is 0. The van der Waals surface area contributed by atoms with Crippen LogP contribution in [-0.2, 0) is 4.79 Å². The Hall–Kier alpha value is -1.79. The second kappa shape index (κ2) is 5.70. The van der Waals surface area contributed by atoms with Gasteiger partial charge in [-0.25, -0.2) is 0 Å². The minimum absolute atomic E-state index is 0.0895. The normalized spacial score (nSPS) is 15.4. The highest BCUT2D eigenvalue weighted by molar-refractivity contribution is 5.92. The molecule has 1 amide bonds. The fourth-order valence-electron chi connectivity index (χ4n) is 1.84. The van der Waals surface area contributed by atoms with Gasteiger partial charge in [0.05, 0.1) is 0 Å². The predicted octanol–water partition coefficient (Wildman–Crippen LogP) is 2.01. The largest absolute Gasteiger partial charge is 0.384 e. The molecule has 1 aromatic rings. The van der Waals surface area contributed by atoms with E-state index >= 15 is 0 Å². The molecule has 1 aliphatic rings. The van der Waals surface area contributed by atoms with E-state index in [1.165, 1.54) is 12.8 Å². The van der Waals surface area contributed by atoms with Crippen molar-refractivity contribution in [3.05, 3.63) is 29.8 Å². The van der Waals surface area contributed by atoms with Gasteiger partial charge in [-0.2, -0.15) is 0 Å². The third kappa shape index (κ3) is 3.35. The summed E-state index contributed by atoms with van der Waals surface area (Å²) >= 11 is 0. The number of benzene rings is 1. The lowest BCUT2D eigenvalue weighted by Gasteiger charge is -2.10. The Bertz CT molecular complexity index is 477. The van der Waals surface area contributed by atoms with E-state index in [4.69, 9.17) is 5.11 Å². The van der Waals surface area contributed by atoms with Crippen LogP contribution in [0.15, 0.2) is 24.3 Å². The first kappa shape index (κ1) is 12.7. The molecule has 1 fully saturated rings. The molecule has 1 atom stereocenters. The molecule has 18 heavy (non-hydrogen) atoms. The fraction of sp³-hybridized carbons (Fsp3) is 0.400. The molecule has 3 heteroatoms. The number of aliphatic hydroxyl groups is 1. The van der Waals surface area contributed by atoms with Crippen LogP contribution >= 0.6 is 0 Å². The molecule has 1 saturated carbocycles. The van der Waals surface area contributed by atoms with Gasteiger partial charge in [0.2, 0.25) is 5.91 Å². The highest BCUT2D eigenvalue weighted by atomic mass is 16.2. The van der Waals surface area contributed by atoms with Crippen LogP contribution in [0.2, 0.25) is 0 Å². The number of carbonyl (C=O) groups is 1. The molecule has 0 aromatic heterocycles. The van der Waals surface area contributed by atoms with Crippen LogP contribution < -0.4 is 5.32 Å². The van der Waals surface area contributed by atoms with Gasteiger partial charge in [0.15, 0.2) is 0 Å². The molecular weight excluding hydrogens is 226 g/mol. The van der Waals surface area contributed by atoms with E-state index in [0.29, 0.717) is 5.92 Å². The summed E-state index contributed by atoms with van der Waals surface area (Å²) in [5, 5.41) is 11.5. The third-order valence-corrected chi connectivity index (χ3v) is 3.21. The van der Waals surface area contributed by atoms with Gasteiger partial charge in [0, 0.05) is 17.2 Å². The van der Waals surface area contributed by atoms with Crippen LogP contribution in [-0.4, -0.2) is 17.6 Å². The summed E-state index contributed by atoms with van der Waals surface area (Å²) in [6.07, 6.45) is 2.34. The van der Waals surface area contributed by atoms with E-state index in [1.807, 2.05) is 31.2 Å². The van der Waals surface area contributed by atoms with E-state index in [0.717, 1.165) is 11.3 Å². The maximum absolute atomic E-state index is 11.9. The average molecular weight is 243 g/mol. The predicted molar refractivity (Wildman–Crippen MR) is 70.9 cm³/mol. The standard InChI is InChI=1S/C15H17NO2/c1-11(13-6-7-13)15(18)16-14-8-4-12(5-9-14)3-2-10-17/h4-5,8-9,11,13,17H,6-7,10H2,1H3,(H,16,18). The van der Waals surface area contributed by atoms with E-state index in [9.17, 15) is 4.79 Å². The summed E-state index contributed by atoms with van der Waals surface area (Å²) in [7, 11) is 0. The number of carbonyl (C=O) groups excluding carboxylic acids is 1. The monoisotopic (exact) mass is 243 g/mol. The van der Waals surface area contributed by atoms with Gasteiger partial charge in [0.1, 0.15) is 6.61 Å². The molecule has 1 aliphatic carbocycles. The maximum Gasteiger partial charge on any atom is 0.227 e. The molecule has 0 radical (unpaired) electrons. The Kier molecular flexibility index (Phi) is 4.01.